The average molecular weight is 283 g/mol. The Kier molecular flexibility index (Phi) is 9.39. The number of rotatable bonds is 6. The molecule has 1 fully saturated rings. The SMILES string of the molecule is CNC[C@H](O)[C@@H](O)[C@H](O)[C@H](O)CO.O=C1OCCO1. The zero-order valence-corrected chi connectivity index (χ0v) is 10.6. The van der Waals surface area contributed by atoms with Gasteiger partial charge in [-0.2, -0.15) is 0 Å². The van der Waals surface area contributed by atoms with Crippen LogP contribution in [0.5, 0.6) is 0 Å². The second-order valence-electron chi connectivity index (χ2n) is 3.80. The van der Waals surface area contributed by atoms with Crippen LogP contribution in [-0.2, 0) is 9.47 Å². The predicted octanol–water partition coefficient (Wildman–Crippen LogP) is -3.21. The summed E-state index contributed by atoms with van der Waals surface area (Å²) in [7, 11) is 1.57. The molecular weight excluding hydrogens is 262 g/mol. The summed E-state index contributed by atoms with van der Waals surface area (Å²) >= 11 is 0. The molecule has 1 aliphatic rings. The Labute approximate surface area is 110 Å². The van der Waals surface area contributed by atoms with Gasteiger partial charge in [0.2, 0.25) is 0 Å². The average Bonchev–Trinajstić information content (AvgIpc) is 2.88. The maximum absolute atomic E-state index is 9.80. The Morgan fingerprint density at radius 3 is 1.89 bits per heavy atom. The highest BCUT2D eigenvalue weighted by molar-refractivity contribution is 5.61. The minimum atomic E-state index is -1.55. The highest BCUT2D eigenvalue weighted by Crippen LogP contribution is 2.04. The number of carbonyl (C=O) groups excluding carboxylic acids is 1. The molecule has 0 bridgehead atoms. The van der Waals surface area contributed by atoms with E-state index in [1.54, 1.807) is 7.05 Å². The van der Waals surface area contributed by atoms with Crippen LogP contribution in [0.3, 0.4) is 0 Å². The summed E-state index contributed by atoms with van der Waals surface area (Å²) in [5.74, 6) is 0. The van der Waals surface area contributed by atoms with Crippen molar-refractivity contribution in [1.82, 2.24) is 5.32 Å². The summed E-state index contributed by atoms with van der Waals surface area (Å²) in [6.45, 7) is 0.262. The van der Waals surface area contributed by atoms with Gasteiger partial charge in [0.15, 0.2) is 0 Å². The third kappa shape index (κ3) is 7.25. The van der Waals surface area contributed by atoms with E-state index in [9.17, 15) is 9.90 Å². The second kappa shape index (κ2) is 9.89. The van der Waals surface area contributed by atoms with Gasteiger partial charge in [-0.05, 0) is 7.05 Å². The standard InChI is InChI=1S/C7H17NO5.C3H4O3/c1-8-2-4(10)6(12)7(13)5(11)3-9;4-3-5-1-2-6-3/h4-13H,2-3H2,1H3;1-2H2/t4-,5+,6+,7+;/m0./s1. The highest BCUT2D eigenvalue weighted by atomic mass is 16.8. The van der Waals surface area contributed by atoms with E-state index in [1.165, 1.54) is 0 Å². The minimum Gasteiger partial charge on any atom is -0.431 e. The lowest BCUT2D eigenvalue weighted by Crippen LogP contribution is -2.48. The summed E-state index contributed by atoms with van der Waals surface area (Å²) in [5, 5.41) is 47.5. The maximum Gasteiger partial charge on any atom is 0.508 e. The first-order valence-corrected chi connectivity index (χ1v) is 5.71. The molecule has 1 saturated heterocycles. The van der Waals surface area contributed by atoms with Gasteiger partial charge in [0.05, 0.1) is 12.7 Å². The molecule has 1 aliphatic heterocycles. The first kappa shape index (κ1) is 18.0. The first-order chi connectivity index (χ1) is 8.93. The fourth-order valence-electron chi connectivity index (χ4n) is 1.18. The number of likely N-dealkylation sites (N-methyl/N-ethyl adjacent to an activating group) is 1. The third-order valence-corrected chi connectivity index (χ3v) is 2.26. The van der Waals surface area contributed by atoms with E-state index in [4.69, 9.17) is 20.4 Å². The normalized spacial score (nSPS) is 20.4. The van der Waals surface area contributed by atoms with Crippen LogP contribution in [0.25, 0.3) is 0 Å². The number of ether oxygens (including phenoxy) is 2. The molecule has 6 N–H and O–H groups in total. The Hall–Kier alpha value is -0.970. The van der Waals surface area contributed by atoms with Crippen molar-refractivity contribution in [2.75, 3.05) is 33.4 Å². The zero-order chi connectivity index (χ0) is 14.8. The van der Waals surface area contributed by atoms with E-state index >= 15 is 0 Å². The van der Waals surface area contributed by atoms with E-state index in [-0.39, 0.29) is 6.54 Å². The second-order valence-corrected chi connectivity index (χ2v) is 3.80. The van der Waals surface area contributed by atoms with E-state index in [2.05, 4.69) is 14.8 Å². The largest absolute Gasteiger partial charge is 0.508 e. The fraction of sp³-hybridized carbons (Fsp3) is 0.900. The molecule has 0 unspecified atom stereocenters. The lowest BCUT2D eigenvalue weighted by molar-refractivity contribution is -0.113. The van der Waals surface area contributed by atoms with Crippen molar-refractivity contribution in [2.24, 2.45) is 0 Å². The van der Waals surface area contributed by atoms with Crippen molar-refractivity contribution < 1.29 is 39.8 Å². The molecule has 9 heteroatoms. The van der Waals surface area contributed by atoms with Crippen LogP contribution in [0.15, 0.2) is 0 Å². The van der Waals surface area contributed by atoms with Crippen molar-refractivity contribution in [2.45, 2.75) is 24.4 Å². The molecule has 0 aromatic rings. The lowest BCUT2D eigenvalue weighted by Gasteiger charge is -2.25. The van der Waals surface area contributed by atoms with Gasteiger partial charge >= 0.3 is 6.16 Å². The molecule has 19 heavy (non-hydrogen) atoms. The fourth-order valence-corrected chi connectivity index (χ4v) is 1.18. The number of nitrogens with one attached hydrogen (secondary N) is 1. The van der Waals surface area contributed by atoms with Gasteiger partial charge in [0.25, 0.3) is 0 Å². The molecular formula is C10H21NO8. The monoisotopic (exact) mass is 283 g/mol. The molecule has 114 valence electrons. The number of aliphatic hydroxyl groups excluding tert-OH is 5. The molecule has 0 radical (unpaired) electrons. The summed E-state index contributed by atoms with van der Waals surface area (Å²) in [6.07, 6.45) is -6.19. The zero-order valence-electron chi connectivity index (χ0n) is 10.6. The van der Waals surface area contributed by atoms with Gasteiger partial charge < -0.3 is 40.3 Å². The van der Waals surface area contributed by atoms with Gasteiger partial charge in [-0.1, -0.05) is 0 Å². The van der Waals surface area contributed by atoms with Crippen molar-refractivity contribution >= 4 is 6.16 Å². The van der Waals surface area contributed by atoms with Crippen LogP contribution in [-0.4, -0.2) is 89.5 Å². The molecule has 0 saturated carbocycles. The summed E-state index contributed by atoms with van der Waals surface area (Å²) in [5.41, 5.74) is 0. The smallest absolute Gasteiger partial charge is 0.431 e. The highest BCUT2D eigenvalue weighted by Gasteiger charge is 2.29. The third-order valence-electron chi connectivity index (χ3n) is 2.26. The maximum atomic E-state index is 9.80. The van der Waals surface area contributed by atoms with Crippen LogP contribution in [0.2, 0.25) is 0 Å². The van der Waals surface area contributed by atoms with Crippen molar-refractivity contribution in [3.63, 3.8) is 0 Å². The van der Waals surface area contributed by atoms with Crippen LogP contribution in [0, 0.1) is 0 Å². The summed E-state index contributed by atoms with van der Waals surface area (Å²) < 4.78 is 8.58. The van der Waals surface area contributed by atoms with Crippen LogP contribution < -0.4 is 5.32 Å². The van der Waals surface area contributed by atoms with Crippen molar-refractivity contribution in [3.05, 3.63) is 0 Å². The Morgan fingerprint density at radius 1 is 1.11 bits per heavy atom. The molecule has 9 nitrogen and oxygen atoms in total. The molecule has 0 aromatic heterocycles. The van der Waals surface area contributed by atoms with Crippen LogP contribution >= 0.6 is 0 Å². The van der Waals surface area contributed by atoms with Gasteiger partial charge in [0.1, 0.15) is 31.5 Å². The molecule has 0 aromatic carbocycles. The van der Waals surface area contributed by atoms with E-state index in [0.29, 0.717) is 13.2 Å². The topological polar surface area (TPSA) is 149 Å². The van der Waals surface area contributed by atoms with E-state index in [1.807, 2.05) is 0 Å². The van der Waals surface area contributed by atoms with Crippen LogP contribution in [0.1, 0.15) is 0 Å². The number of hydrogen-bond donors (Lipinski definition) is 6. The molecule has 0 amide bonds. The molecule has 1 heterocycles. The molecule has 4 atom stereocenters. The first-order valence-electron chi connectivity index (χ1n) is 5.71. The number of aliphatic hydroxyl groups is 5. The predicted molar refractivity (Wildman–Crippen MR) is 62.3 cm³/mol. The Balaban J connectivity index is 0.000000443. The minimum absolute atomic E-state index is 0.0936. The van der Waals surface area contributed by atoms with Gasteiger partial charge in [-0.25, -0.2) is 4.79 Å². The Bertz CT molecular complexity index is 244. The molecule has 1 rings (SSSR count). The Morgan fingerprint density at radius 2 is 1.58 bits per heavy atom. The number of carbonyl (C=O) groups is 1. The van der Waals surface area contributed by atoms with E-state index < -0.39 is 37.2 Å². The van der Waals surface area contributed by atoms with Crippen molar-refractivity contribution in [3.8, 4) is 0 Å². The number of cyclic esters (lactones) is 2. The van der Waals surface area contributed by atoms with Gasteiger partial charge in [-0.3, -0.25) is 0 Å². The summed E-state index contributed by atoms with van der Waals surface area (Å²) in [4.78, 5) is 9.80. The number of hydrogen-bond acceptors (Lipinski definition) is 9. The molecule has 0 aliphatic carbocycles. The van der Waals surface area contributed by atoms with Crippen LogP contribution in [0.4, 0.5) is 4.79 Å². The molecule has 0 spiro atoms. The van der Waals surface area contributed by atoms with Gasteiger partial charge in [0, 0.05) is 6.54 Å². The van der Waals surface area contributed by atoms with E-state index in [0.717, 1.165) is 0 Å². The quantitative estimate of drug-likeness (QED) is 0.277. The lowest BCUT2D eigenvalue weighted by atomic mass is 10.0. The van der Waals surface area contributed by atoms with Crippen molar-refractivity contribution in [1.29, 1.82) is 0 Å². The van der Waals surface area contributed by atoms with Gasteiger partial charge in [-0.15, -0.1) is 0 Å². The summed E-state index contributed by atoms with van der Waals surface area (Å²) in [6, 6.07) is 0.